The van der Waals surface area contributed by atoms with Gasteiger partial charge in [-0.1, -0.05) is 30.3 Å². The topological polar surface area (TPSA) is 67.8 Å². The van der Waals surface area contributed by atoms with Gasteiger partial charge in [0.15, 0.2) is 0 Å². The van der Waals surface area contributed by atoms with Crippen molar-refractivity contribution in [2.24, 2.45) is 0 Å². The first kappa shape index (κ1) is 11.7. The van der Waals surface area contributed by atoms with E-state index in [0.717, 1.165) is 5.56 Å². The maximum Gasteiger partial charge on any atom is 0.120 e. The lowest BCUT2D eigenvalue weighted by atomic mass is 9.96. The molecule has 0 unspecified atom stereocenters. The summed E-state index contributed by atoms with van der Waals surface area (Å²) >= 11 is 0. The van der Waals surface area contributed by atoms with Crippen molar-refractivity contribution in [1.29, 1.82) is 10.5 Å². The number of nitriles is 2. The van der Waals surface area contributed by atoms with Crippen LogP contribution in [-0.2, 0) is 6.42 Å². The second-order valence-corrected chi connectivity index (χ2v) is 3.87. The molecular formula is C15H10N2O. The fourth-order valence-electron chi connectivity index (χ4n) is 1.84. The number of rotatable bonds is 2. The molecule has 0 aliphatic rings. The molecule has 2 aromatic carbocycles. The fourth-order valence-corrected chi connectivity index (χ4v) is 1.84. The lowest BCUT2D eigenvalue weighted by Gasteiger charge is -2.08. The van der Waals surface area contributed by atoms with Gasteiger partial charge in [0.1, 0.15) is 17.9 Å². The second kappa shape index (κ2) is 5.03. The molecule has 0 aliphatic heterocycles. The standard InChI is InChI=1S/C15H10N2O/c16-9-12-6-7-15(18)13(14(12)10-17)8-11-4-2-1-3-5-11/h1-7,18H,8H2. The lowest BCUT2D eigenvalue weighted by Crippen LogP contribution is -1.96. The number of benzene rings is 2. The fraction of sp³-hybridized carbons (Fsp3) is 0.0667. The van der Waals surface area contributed by atoms with E-state index in [-0.39, 0.29) is 11.3 Å². The number of hydrogen-bond donors (Lipinski definition) is 1. The van der Waals surface area contributed by atoms with Crippen LogP contribution in [0.3, 0.4) is 0 Å². The zero-order valence-electron chi connectivity index (χ0n) is 9.59. The maximum absolute atomic E-state index is 9.84. The van der Waals surface area contributed by atoms with Crippen LogP contribution < -0.4 is 0 Å². The Morgan fingerprint density at radius 3 is 2.28 bits per heavy atom. The van der Waals surface area contributed by atoms with Crippen LogP contribution >= 0.6 is 0 Å². The summed E-state index contributed by atoms with van der Waals surface area (Å²) in [6.45, 7) is 0. The molecule has 0 heterocycles. The van der Waals surface area contributed by atoms with Gasteiger partial charge in [-0.25, -0.2) is 0 Å². The Balaban J connectivity index is 2.51. The molecule has 3 heteroatoms. The Hall–Kier alpha value is -2.78. The predicted molar refractivity (Wildman–Crippen MR) is 66.8 cm³/mol. The van der Waals surface area contributed by atoms with E-state index in [1.807, 2.05) is 42.5 Å². The van der Waals surface area contributed by atoms with Crippen molar-refractivity contribution in [3.8, 4) is 17.9 Å². The first-order chi connectivity index (χ1) is 8.76. The molecule has 0 amide bonds. The smallest absolute Gasteiger partial charge is 0.120 e. The Morgan fingerprint density at radius 1 is 0.944 bits per heavy atom. The molecular weight excluding hydrogens is 224 g/mol. The first-order valence-electron chi connectivity index (χ1n) is 5.45. The van der Waals surface area contributed by atoms with E-state index in [1.165, 1.54) is 12.1 Å². The molecule has 0 atom stereocenters. The molecule has 18 heavy (non-hydrogen) atoms. The number of nitrogens with zero attached hydrogens (tertiary/aromatic N) is 2. The van der Waals surface area contributed by atoms with Crippen LogP contribution in [0.5, 0.6) is 5.75 Å². The molecule has 2 rings (SSSR count). The van der Waals surface area contributed by atoms with Gasteiger partial charge >= 0.3 is 0 Å². The summed E-state index contributed by atoms with van der Waals surface area (Å²) in [7, 11) is 0. The van der Waals surface area contributed by atoms with Gasteiger partial charge in [-0.15, -0.1) is 0 Å². The zero-order chi connectivity index (χ0) is 13.0. The lowest BCUT2D eigenvalue weighted by molar-refractivity contribution is 0.469. The highest BCUT2D eigenvalue weighted by Crippen LogP contribution is 2.26. The van der Waals surface area contributed by atoms with Gasteiger partial charge in [0.25, 0.3) is 0 Å². The van der Waals surface area contributed by atoms with Gasteiger partial charge in [0, 0.05) is 12.0 Å². The molecule has 0 bridgehead atoms. The highest BCUT2D eigenvalue weighted by atomic mass is 16.3. The summed E-state index contributed by atoms with van der Waals surface area (Å²) in [5.74, 6) is 0.0504. The third kappa shape index (κ3) is 2.16. The highest BCUT2D eigenvalue weighted by Gasteiger charge is 2.13. The molecule has 0 aliphatic carbocycles. The number of hydrogen-bond acceptors (Lipinski definition) is 3. The quantitative estimate of drug-likeness (QED) is 0.868. The van der Waals surface area contributed by atoms with Crippen LogP contribution in [0, 0.1) is 22.7 Å². The molecule has 0 radical (unpaired) electrons. The maximum atomic E-state index is 9.84. The molecule has 0 saturated heterocycles. The van der Waals surface area contributed by atoms with Crippen LogP contribution in [0.15, 0.2) is 42.5 Å². The third-order valence-electron chi connectivity index (χ3n) is 2.74. The molecule has 0 aromatic heterocycles. The normalized spacial score (nSPS) is 9.44. The number of aromatic hydroxyl groups is 1. The van der Waals surface area contributed by atoms with E-state index < -0.39 is 0 Å². The minimum absolute atomic E-state index is 0.0504. The van der Waals surface area contributed by atoms with Gasteiger partial charge in [-0.05, 0) is 17.7 Å². The molecule has 86 valence electrons. The van der Waals surface area contributed by atoms with Crippen molar-refractivity contribution in [1.82, 2.24) is 0 Å². The second-order valence-electron chi connectivity index (χ2n) is 3.87. The minimum Gasteiger partial charge on any atom is -0.508 e. The van der Waals surface area contributed by atoms with E-state index in [2.05, 4.69) is 0 Å². The summed E-state index contributed by atoms with van der Waals surface area (Å²) in [6, 6.07) is 16.4. The highest BCUT2D eigenvalue weighted by molar-refractivity contribution is 5.56. The molecule has 0 fully saturated rings. The van der Waals surface area contributed by atoms with Crippen LogP contribution in [0.1, 0.15) is 22.3 Å². The Kier molecular flexibility index (Phi) is 3.27. The van der Waals surface area contributed by atoms with Crippen molar-refractivity contribution in [3.05, 3.63) is 64.7 Å². The van der Waals surface area contributed by atoms with Gasteiger partial charge < -0.3 is 5.11 Å². The average molecular weight is 234 g/mol. The molecule has 3 nitrogen and oxygen atoms in total. The van der Waals surface area contributed by atoms with Crippen LogP contribution in [0.2, 0.25) is 0 Å². The number of phenols is 1. The molecule has 0 saturated carbocycles. The molecule has 2 aromatic rings. The van der Waals surface area contributed by atoms with Gasteiger partial charge in [-0.3, -0.25) is 0 Å². The van der Waals surface area contributed by atoms with E-state index in [1.54, 1.807) is 0 Å². The summed E-state index contributed by atoms with van der Waals surface area (Å²) in [5.41, 5.74) is 2.03. The minimum atomic E-state index is 0.0504. The van der Waals surface area contributed by atoms with Gasteiger partial charge in [0.2, 0.25) is 0 Å². The van der Waals surface area contributed by atoms with Crippen molar-refractivity contribution in [2.75, 3.05) is 0 Å². The Morgan fingerprint density at radius 2 is 1.67 bits per heavy atom. The Labute approximate surface area is 105 Å². The Bertz CT molecular complexity index is 649. The summed E-state index contributed by atoms with van der Waals surface area (Å²) < 4.78 is 0. The van der Waals surface area contributed by atoms with E-state index in [4.69, 9.17) is 10.5 Å². The number of phenolic OH excluding ortho intramolecular Hbond substituents is 1. The monoisotopic (exact) mass is 234 g/mol. The van der Waals surface area contributed by atoms with Crippen LogP contribution in [0.4, 0.5) is 0 Å². The van der Waals surface area contributed by atoms with Crippen LogP contribution in [0.25, 0.3) is 0 Å². The van der Waals surface area contributed by atoms with E-state index in [0.29, 0.717) is 17.5 Å². The van der Waals surface area contributed by atoms with Crippen molar-refractivity contribution in [2.45, 2.75) is 6.42 Å². The van der Waals surface area contributed by atoms with Crippen molar-refractivity contribution >= 4 is 0 Å². The SMILES string of the molecule is N#Cc1ccc(O)c(Cc2ccccc2)c1C#N. The molecule has 0 spiro atoms. The largest absolute Gasteiger partial charge is 0.508 e. The third-order valence-corrected chi connectivity index (χ3v) is 2.74. The van der Waals surface area contributed by atoms with Crippen molar-refractivity contribution < 1.29 is 5.11 Å². The van der Waals surface area contributed by atoms with E-state index >= 15 is 0 Å². The van der Waals surface area contributed by atoms with Gasteiger partial charge in [-0.2, -0.15) is 10.5 Å². The molecule has 1 N–H and O–H groups in total. The van der Waals surface area contributed by atoms with Gasteiger partial charge in [0.05, 0.1) is 11.1 Å². The van der Waals surface area contributed by atoms with E-state index in [9.17, 15) is 5.11 Å². The van der Waals surface area contributed by atoms with Crippen molar-refractivity contribution in [3.63, 3.8) is 0 Å². The summed E-state index contributed by atoms with van der Waals surface area (Å²) in [5, 5.41) is 27.9. The summed E-state index contributed by atoms with van der Waals surface area (Å²) in [6.07, 6.45) is 0.436. The average Bonchev–Trinajstić information content (AvgIpc) is 2.42. The van der Waals surface area contributed by atoms with Crippen LogP contribution in [-0.4, -0.2) is 5.11 Å². The first-order valence-corrected chi connectivity index (χ1v) is 5.45. The zero-order valence-corrected chi connectivity index (χ0v) is 9.59. The summed E-state index contributed by atoms with van der Waals surface area (Å²) in [4.78, 5) is 0. The predicted octanol–water partition coefficient (Wildman–Crippen LogP) is 2.73.